The molecule has 3 aromatic rings. The van der Waals surface area contributed by atoms with Gasteiger partial charge >= 0.3 is 0 Å². The van der Waals surface area contributed by atoms with Gasteiger partial charge < -0.3 is 10.2 Å². The number of sulfonamides is 1. The zero-order chi connectivity index (χ0) is 20.7. The summed E-state index contributed by atoms with van der Waals surface area (Å²) in [6.45, 7) is 1.17. The molecule has 8 heteroatoms. The predicted molar refractivity (Wildman–Crippen MR) is 115 cm³/mol. The Morgan fingerprint density at radius 1 is 1.00 bits per heavy atom. The van der Waals surface area contributed by atoms with Crippen LogP contribution in [-0.2, 0) is 10.0 Å². The van der Waals surface area contributed by atoms with Crippen molar-refractivity contribution < 1.29 is 13.2 Å². The highest BCUT2D eigenvalue weighted by Crippen LogP contribution is 2.31. The van der Waals surface area contributed by atoms with E-state index >= 15 is 0 Å². The van der Waals surface area contributed by atoms with Crippen LogP contribution in [0.25, 0.3) is 10.9 Å². The third-order valence-electron chi connectivity index (χ3n) is 5.94. The monoisotopic (exact) mass is 422 g/mol. The Balaban J connectivity index is 1.31. The van der Waals surface area contributed by atoms with E-state index in [1.807, 2.05) is 41.3 Å². The number of piperidine rings is 1. The van der Waals surface area contributed by atoms with E-state index in [0.29, 0.717) is 24.3 Å². The quantitative estimate of drug-likeness (QED) is 0.663. The Kier molecular flexibility index (Phi) is 4.67. The number of pyridine rings is 1. The van der Waals surface area contributed by atoms with E-state index in [1.54, 1.807) is 24.4 Å². The lowest BCUT2D eigenvalue weighted by molar-refractivity contribution is 0.0681. The molecule has 1 aromatic heterocycles. The van der Waals surface area contributed by atoms with Crippen LogP contribution in [0.5, 0.6) is 0 Å². The van der Waals surface area contributed by atoms with Crippen molar-refractivity contribution in [2.75, 3.05) is 18.4 Å². The molecule has 2 N–H and O–H groups in total. The van der Waals surface area contributed by atoms with Crippen LogP contribution >= 0.6 is 0 Å². The van der Waals surface area contributed by atoms with Gasteiger partial charge in [0.15, 0.2) is 0 Å². The summed E-state index contributed by atoms with van der Waals surface area (Å²) in [5.41, 5.74) is 2.09. The van der Waals surface area contributed by atoms with Crippen LogP contribution in [0.4, 0.5) is 5.69 Å². The largest absolute Gasteiger partial charge is 0.368 e. The van der Waals surface area contributed by atoms with Gasteiger partial charge in [0.1, 0.15) is 4.90 Å². The lowest BCUT2D eigenvalue weighted by atomic mass is 9.93. The zero-order valence-electron chi connectivity index (χ0n) is 16.3. The van der Waals surface area contributed by atoms with E-state index in [4.69, 9.17) is 0 Å². The van der Waals surface area contributed by atoms with E-state index in [9.17, 15) is 13.2 Å². The fraction of sp³-hybridized carbons (Fsp3) is 0.273. The molecule has 1 unspecified atom stereocenters. The van der Waals surface area contributed by atoms with Gasteiger partial charge in [0.2, 0.25) is 10.0 Å². The molecule has 0 saturated carbocycles. The highest BCUT2D eigenvalue weighted by atomic mass is 32.2. The van der Waals surface area contributed by atoms with Crippen molar-refractivity contribution in [1.82, 2.24) is 14.6 Å². The van der Waals surface area contributed by atoms with Gasteiger partial charge in [-0.3, -0.25) is 9.78 Å². The molecular formula is C22H22N4O3S. The molecule has 2 aromatic carbocycles. The van der Waals surface area contributed by atoms with E-state index in [-0.39, 0.29) is 22.9 Å². The lowest BCUT2D eigenvalue weighted by Gasteiger charge is -2.39. The smallest absolute Gasteiger partial charge is 0.254 e. The van der Waals surface area contributed by atoms with Crippen molar-refractivity contribution in [1.29, 1.82) is 0 Å². The van der Waals surface area contributed by atoms with Crippen LogP contribution in [0.1, 0.15) is 23.2 Å². The van der Waals surface area contributed by atoms with Gasteiger partial charge in [-0.05, 0) is 49.1 Å². The minimum Gasteiger partial charge on any atom is -0.368 e. The molecule has 1 atom stereocenters. The number of nitrogens with one attached hydrogen (secondary N) is 2. The van der Waals surface area contributed by atoms with Crippen LogP contribution in [0, 0.1) is 5.92 Å². The molecule has 0 radical (unpaired) electrons. The minimum absolute atomic E-state index is 0.00502. The number of carbonyl (C=O) groups is 1. The molecule has 5 rings (SSSR count). The summed E-state index contributed by atoms with van der Waals surface area (Å²) in [7, 11) is -3.54. The van der Waals surface area contributed by atoms with Crippen molar-refractivity contribution in [3.63, 3.8) is 0 Å². The Hall–Kier alpha value is -2.97. The van der Waals surface area contributed by atoms with Crippen LogP contribution < -0.4 is 10.0 Å². The van der Waals surface area contributed by atoms with E-state index < -0.39 is 10.0 Å². The van der Waals surface area contributed by atoms with Gasteiger partial charge in [0, 0.05) is 30.2 Å². The summed E-state index contributed by atoms with van der Waals surface area (Å²) in [5, 5.41) is 4.17. The van der Waals surface area contributed by atoms with Gasteiger partial charge in [0.25, 0.3) is 5.91 Å². The maximum Gasteiger partial charge on any atom is 0.254 e. The molecule has 0 spiro atoms. The third-order valence-corrected chi connectivity index (χ3v) is 7.44. The van der Waals surface area contributed by atoms with E-state index in [0.717, 1.165) is 23.7 Å². The standard InChI is InChI=1S/C22H22N4O3S/c27-22(17-5-3-8-18-16(17)6-4-12-23-18)26-13-10-15(11-14-26)21-24-19-7-1-2-9-20(19)30(28,29)25-21/h1-9,12,15,21,24-25H,10-11,13-14H2. The molecule has 154 valence electrons. The molecule has 1 amide bonds. The Morgan fingerprint density at radius 3 is 2.63 bits per heavy atom. The summed E-state index contributed by atoms with van der Waals surface area (Å²) >= 11 is 0. The molecule has 0 aliphatic carbocycles. The van der Waals surface area contributed by atoms with Crippen LogP contribution in [-0.4, -0.2) is 43.5 Å². The van der Waals surface area contributed by atoms with Gasteiger partial charge in [-0.25, -0.2) is 8.42 Å². The number of benzene rings is 2. The SMILES string of the molecule is O=C(c1cccc2ncccc12)N1CCC(C2Nc3ccccc3S(=O)(=O)N2)CC1. The second kappa shape index (κ2) is 7.37. The number of nitrogens with zero attached hydrogens (tertiary/aromatic N) is 2. The first kappa shape index (κ1) is 19.0. The highest BCUT2D eigenvalue weighted by molar-refractivity contribution is 7.89. The van der Waals surface area contributed by atoms with Crippen molar-refractivity contribution in [3.05, 3.63) is 66.4 Å². The van der Waals surface area contributed by atoms with Crippen molar-refractivity contribution in [3.8, 4) is 0 Å². The molecule has 30 heavy (non-hydrogen) atoms. The Labute approximate surface area is 175 Å². The normalized spacial score (nSPS) is 21.1. The van der Waals surface area contributed by atoms with Gasteiger partial charge in [-0.1, -0.05) is 24.3 Å². The van der Waals surface area contributed by atoms with Crippen molar-refractivity contribution >= 4 is 32.5 Å². The summed E-state index contributed by atoms with van der Waals surface area (Å²) in [6, 6.07) is 16.3. The number of hydrogen-bond acceptors (Lipinski definition) is 5. The number of amides is 1. The third kappa shape index (κ3) is 3.32. The summed E-state index contributed by atoms with van der Waals surface area (Å²) in [4.78, 5) is 19.6. The first-order valence-electron chi connectivity index (χ1n) is 10.0. The van der Waals surface area contributed by atoms with Crippen LogP contribution in [0.3, 0.4) is 0 Å². The number of likely N-dealkylation sites (tertiary alicyclic amines) is 1. The van der Waals surface area contributed by atoms with E-state index in [1.165, 1.54) is 0 Å². The first-order chi connectivity index (χ1) is 14.5. The van der Waals surface area contributed by atoms with Crippen LogP contribution in [0.15, 0.2) is 65.7 Å². The summed E-state index contributed by atoms with van der Waals surface area (Å²) in [6.07, 6.45) is 2.79. The van der Waals surface area contributed by atoms with Crippen LogP contribution in [0.2, 0.25) is 0 Å². The molecule has 1 saturated heterocycles. The first-order valence-corrected chi connectivity index (χ1v) is 11.5. The predicted octanol–water partition coefficient (Wildman–Crippen LogP) is 2.82. The highest BCUT2D eigenvalue weighted by Gasteiger charge is 2.36. The average Bonchev–Trinajstić information content (AvgIpc) is 2.78. The van der Waals surface area contributed by atoms with Gasteiger partial charge in [-0.2, -0.15) is 4.72 Å². The maximum absolute atomic E-state index is 13.1. The van der Waals surface area contributed by atoms with Gasteiger partial charge in [0.05, 0.1) is 17.4 Å². The van der Waals surface area contributed by atoms with Crippen molar-refractivity contribution in [2.45, 2.75) is 23.9 Å². The fourth-order valence-electron chi connectivity index (χ4n) is 4.36. The zero-order valence-corrected chi connectivity index (χ0v) is 17.1. The summed E-state index contributed by atoms with van der Waals surface area (Å²) in [5.74, 6) is 0.0981. The topological polar surface area (TPSA) is 91.4 Å². The molecule has 2 aliphatic heterocycles. The summed E-state index contributed by atoms with van der Waals surface area (Å²) < 4.78 is 27.9. The molecule has 7 nitrogen and oxygen atoms in total. The molecule has 1 fully saturated rings. The Morgan fingerprint density at radius 2 is 1.80 bits per heavy atom. The number of para-hydroxylation sites is 1. The fourth-order valence-corrected chi connectivity index (χ4v) is 5.74. The van der Waals surface area contributed by atoms with Gasteiger partial charge in [-0.15, -0.1) is 0 Å². The average molecular weight is 423 g/mol. The minimum atomic E-state index is -3.54. The second-order valence-corrected chi connectivity index (χ2v) is 9.43. The van der Waals surface area contributed by atoms with Crippen molar-refractivity contribution in [2.24, 2.45) is 5.92 Å². The number of anilines is 1. The van der Waals surface area contributed by atoms with E-state index in [2.05, 4.69) is 15.0 Å². The maximum atomic E-state index is 13.1. The molecule has 3 heterocycles. The Bertz CT molecular complexity index is 1210. The number of hydrogen-bond donors (Lipinski definition) is 2. The number of fused-ring (bicyclic) bond motifs is 2. The number of rotatable bonds is 2. The molecule has 0 bridgehead atoms. The molecular weight excluding hydrogens is 400 g/mol. The number of carbonyl (C=O) groups excluding carboxylic acids is 1. The second-order valence-electron chi connectivity index (χ2n) is 7.74. The lowest BCUT2D eigenvalue weighted by Crippen LogP contribution is -2.52. The number of aromatic nitrogens is 1. The molecule has 2 aliphatic rings.